The van der Waals surface area contributed by atoms with Gasteiger partial charge < -0.3 is 10.6 Å². The maximum absolute atomic E-state index is 13.1. The van der Waals surface area contributed by atoms with E-state index >= 15 is 0 Å². The maximum atomic E-state index is 13.1. The Bertz CT molecular complexity index is 897. The van der Waals surface area contributed by atoms with E-state index in [9.17, 15) is 9.18 Å². The highest BCUT2D eigenvalue weighted by Crippen LogP contribution is 2.27. The van der Waals surface area contributed by atoms with Crippen LogP contribution in [0.2, 0.25) is 0 Å². The first kappa shape index (κ1) is 16.9. The number of aromatic nitrogens is 3. The Kier molecular flexibility index (Phi) is 4.33. The van der Waals surface area contributed by atoms with Gasteiger partial charge in [0.15, 0.2) is 0 Å². The van der Waals surface area contributed by atoms with E-state index in [1.54, 1.807) is 16.6 Å². The Morgan fingerprint density at radius 2 is 1.92 bits per heavy atom. The minimum Gasteiger partial charge on any atom is -0.368 e. The van der Waals surface area contributed by atoms with Crippen molar-refractivity contribution in [2.75, 3.05) is 31.1 Å². The van der Waals surface area contributed by atoms with Crippen LogP contribution >= 0.6 is 11.3 Å². The quantitative estimate of drug-likeness (QED) is 0.750. The van der Waals surface area contributed by atoms with Gasteiger partial charge in [0.1, 0.15) is 5.82 Å². The maximum Gasteiger partial charge on any atom is 0.234 e. The van der Waals surface area contributed by atoms with Gasteiger partial charge in [0, 0.05) is 31.7 Å². The smallest absolute Gasteiger partial charge is 0.234 e. The van der Waals surface area contributed by atoms with Gasteiger partial charge in [-0.15, -0.1) is 5.10 Å². The first-order valence-electron chi connectivity index (χ1n) is 8.42. The molecule has 0 saturated carbocycles. The number of rotatable bonds is 4. The van der Waals surface area contributed by atoms with Crippen molar-refractivity contribution in [3.05, 3.63) is 36.3 Å². The number of hydrogen-bond acceptors (Lipinski definition) is 6. The Morgan fingerprint density at radius 1 is 1.23 bits per heavy atom. The lowest BCUT2D eigenvalue weighted by Crippen LogP contribution is -2.53. The van der Waals surface area contributed by atoms with Crippen LogP contribution in [-0.2, 0) is 4.79 Å². The third kappa shape index (κ3) is 3.15. The standard InChI is InChI=1S/C17H19FN6OS/c1-11(15(19)25)22-6-8-23(9-7-22)17-21-24-10-14(20-16(24)26-17)12-2-4-13(18)5-3-12/h2-5,10-11H,6-9H2,1H3,(H2,19,25). The van der Waals surface area contributed by atoms with Crippen molar-refractivity contribution in [3.8, 4) is 11.3 Å². The minimum absolute atomic E-state index is 0.246. The fraction of sp³-hybridized carbons (Fsp3) is 0.353. The Morgan fingerprint density at radius 3 is 2.54 bits per heavy atom. The van der Waals surface area contributed by atoms with Crippen molar-refractivity contribution in [2.45, 2.75) is 13.0 Å². The molecule has 3 heterocycles. The molecule has 1 unspecified atom stereocenters. The lowest BCUT2D eigenvalue weighted by molar-refractivity contribution is -0.122. The largest absolute Gasteiger partial charge is 0.368 e. The number of imidazole rings is 1. The summed E-state index contributed by atoms with van der Waals surface area (Å²) in [6.07, 6.45) is 1.86. The van der Waals surface area contributed by atoms with Gasteiger partial charge in [-0.2, -0.15) is 0 Å². The van der Waals surface area contributed by atoms with Crippen LogP contribution in [0.25, 0.3) is 16.2 Å². The second-order valence-corrected chi connectivity index (χ2v) is 7.28. The highest BCUT2D eigenvalue weighted by atomic mass is 32.1. The molecule has 0 bridgehead atoms. The lowest BCUT2D eigenvalue weighted by Gasteiger charge is -2.36. The highest BCUT2D eigenvalue weighted by molar-refractivity contribution is 7.20. The summed E-state index contributed by atoms with van der Waals surface area (Å²) in [6, 6.07) is 6.02. The van der Waals surface area contributed by atoms with Gasteiger partial charge in [-0.1, -0.05) is 11.3 Å². The Balaban J connectivity index is 1.48. The van der Waals surface area contributed by atoms with Gasteiger partial charge in [-0.3, -0.25) is 9.69 Å². The fourth-order valence-corrected chi connectivity index (χ4v) is 3.99. The molecule has 2 aromatic heterocycles. The molecule has 1 saturated heterocycles. The normalized spacial score (nSPS) is 16.9. The molecule has 26 heavy (non-hydrogen) atoms. The van der Waals surface area contributed by atoms with Crippen molar-refractivity contribution in [1.82, 2.24) is 19.5 Å². The number of halogens is 1. The van der Waals surface area contributed by atoms with Crippen LogP contribution in [-0.4, -0.2) is 57.6 Å². The predicted octanol–water partition coefficient (Wildman–Crippen LogP) is 1.59. The molecule has 7 nitrogen and oxygen atoms in total. The third-order valence-electron chi connectivity index (χ3n) is 4.72. The molecule has 0 spiro atoms. The minimum atomic E-state index is -0.292. The summed E-state index contributed by atoms with van der Waals surface area (Å²) >= 11 is 1.52. The van der Waals surface area contributed by atoms with Crippen molar-refractivity contribution in [2.24, 2.45) is 5.73 Å². The first-order chi connectivity index (χ1) is 12.5. The van der Waals surface area contributed by atoms with Crippen molar-refractivity contribution < 1.29 is 9.18 Å². The van der Waals surface area contributed by atoms with Gasteiger partial charge in [-0.25, -0.2) is 13.9 Å². The van der Waals surface area contributed by atoms with Gasteiger partial charge in [0.25, 0.3) is 0 Å². The van der Waals surface area contributed by atoms with Gasteiger partial charge in [-0.05, 0) is 31.2 Å². The van der Waals surface area contributed by atoms with E-state index in [0.717, 1.165) is 47.5 Å². The molecule has 0 radical (unpaired) electrons. The summed E-state index contributed by atoms with van der Waals surface area (Å²) < 4.78 is 14.8. The summed E-state index contributed by atoms with van der Waals surface area (Å²) in [5, 5.41) is 5.53. The number of anilines is 1. The molecule has 9 heteroatoms. The van der Waals surface area contributed by atoms with Crippen molar-refractivity contribution in [1.29, 1.82) is 0 Å². The zero-order chi connectivity index (χ0) is 18.3. The Labute approximate surface area is 153 Å². The average Bonchev–Trinajstić information content (AvgIpc) is 3.21. The summed E-state index contributed by atoms with van der Waals surface area (Å²) in [4.78, 5) is 21.0. The zero-order valence-corrected chi connectivity index (χ0v) is 15.1. The van der Waals surface area contributed by atoms with Crippen LogP contribution in [0.3, 0.4) is 0 Å². The van der Waals surface area contributed by atoms with Gasteiger partial charge in [0.05, 0.1) is 17.9 Å². The van der Waals surface area contributed by atoms with Crippen LogP contribution < -0.4 is 10.6 Å². The van der Waals surface area contributed by atoms with E-state index in [4.69, 9.17) is 5.73 Å². The fourth-order valence-electron chi connectivity index (χ4n) is 3.06. The van der Waals surface area contributed by atoms with Crippen LogP contribution in [0.4, 0.5) is 9.52 Å². The molecule has 2 N–H and O–H groups in total. The van der Waals surface area contributed by atoms with E-state index < -0.39 is 0 Å². The van der Waals surface area contributed by atoms with Crippen LogP contribution in [0.1, 0.15) is 6.92 Å². The number of piperazine rings is 1. The summed E-state index contributed by atoms with van der Waals surface area (Å²) in [7, 11) is 0. The third-order valence-corrected chi connectivity index (χ3v) is 5.70. The Hall–Kier alpha value is -2.52. The lowest BCUT2D eigenvalue weighted by atomic mass is 10.2. The summed E-state index contributed by atoms with van der Waals surface area (Å²) in [5.41, 5.74) is 7.02. The molecular formula is C17H19FN6OS. The second-order valence-electron chi connectivity index (χ2n) is 6.35. The predicted molar refractivity (Wildman–Crippen MR) is 98.7 cm³/mol. The molecule has 3 aromatic rings. The molecule has 1 amide bonds. The molecule has 0 aliphatic carbocycles. The van der Waals surface area contributed by atoms with Gasteiger partial charge in [0.2, 0.25) is 16.0 Å². The van der Waals surface area contributed by atoms with Crippen molar-refractivity contribution in [3.63, 3.8) is 0 Å². The van der Waals surface area contributed by atoms with E-state index in [-0.39, 0.29) is 17.8 Å². The van der Waals surface area contributed by atoms with Crippen LogP contribution in [0, 0.1) is 5.82 Å². The average molecular weight is 374 g/mol. The van der Waals surface area contributed by atoms with Crippen LogP contribution in [0.15, 0.2) is 30.5 Å². The summed E-state index contributed by atoms with van der Waals surface area (Å²) in [5.74, 6) is -0.556. The van der Waals surface area contributed by atoms with Gasteiger partial charge >= 0.3 is 0 Å². The first-order valence-corrected chi connectivity index (χ1v) is 9.23. The van der Waals surface area contributed by atoms with E-state index in [1.165, 1.54) is 23.5 Å². The topological polar surface area (TPSA) is 79.8 Å². The number of nitrogens with two attached hydrogens (primary N) is 1. The number of fused-ring (bicyclic) bond motifs is 1. The monoisotopic (exact) mass is 374 g/mol. The SMILES string of the molecule is CC(C(N)=O)N1CCN(c2nn3cc(-c4ccc(F)cc4)nc3s2)CC1. The summed E-state index contributed by atoms with van der Waals surface area (Å²) in [6.45, 7) is 4.96. The molecule has 1 aliphatic heterocycles. The van der Waals surface area contributed by atoms with E-state index in [0.29, 0.717) is 0 Å². The molecule has 136 valence electrons. The number of amides is 1. The zero-order valence-electron chi connectivity index (χ0n) is 14.3. The van der Waals surface area contributed by atoms with E-state index in [2.05, 4.69) is 19.9 Å². The molecule has 1 aliphatic rings. The molecule has 1 fully saturated rings. The van der Waals surface area contributed by atoms with Crippen molar-refractivity contribution >= 4 is 27.3 Å². The number of nitrogens with zero attached hydrogens (tertiary/aromatic N) is 5. The van der Waals surface area contributed by atoms with E-state index in [1.807, 2.05) is 13.1 Å². The van der Waals surface area contributed by atoms with Crippen LogP contribution in [0.5, 0.6) is 0 Å². The number of hydrogen-bond donors (Lipinski definition) is 1. The molecule has 1 atom stereocenters. The molecule has 1 aromatic carbocycles. The molecule has 4 rings (SSSR count). The highest BCUT2D eigenvalue weighted by Gasteiger charge is 2.25. The number of carbonyl (C=O) groups is 1. The second kappa shape index (κ2) is 6.65. The number of benzene rings is 1. The number of carbonyl (C=O) groups excluding carboxylic acids is 1. The number of primary amides is 1. The molecular weight excluding hydrogens is 355 g/mol.